The summed E-state index contributed by atoms with van der Waals surface area (Å²) >= 11 is 5.57. The van der Waals surface area contributed by atoms with E-state index in [0.717, 1.165) is 17.0 Å². The van der Waals surface area contributed by atoms with Crippen molar-refractivity contribution in [2.24, 2.45) is 0 Å². The molecular weight excluding hydrogens is 226 g/mol. The van der Waals surface area contributed by atoms with E-state index in [1.165, 1.54) is 6.92 Å². The van der Waals surface area contributed by atoms with Gasteiger partial charge in [0, 0.05) is 18.5 Å². The van der Waals surface area contributed by atoms with E-state index >= 15 is 0 Å². The average molecular weight is 240 g/mol. The standard InChI is InChI=1S/C12H14ClNO2/c1-9(7-13)8-16-12-5-3-11(4-6-12)14-10(2)15/h3-6H,1,7-8H2,2H3,(H,14,15). The number of anilines is 1. The van der Waals surface area contributed by atoms with Crippen LogP contribution in [0, 0.1) is 0 Å². The largest absolute Gasteiger partial charge is 0.489 e. The number of benzene rings is 1. The minimum absolute atomic E-state index is 0.0933. The summed E-state index contributed by atoms with van der Waals surface area (Å²) in [6.45, 7) is 5.60. The van der Waals surface area contributed by atoms with Crippen LogP contribution in [0.4, 0.5) is 5.69 Å². The topological polar surface area (TPSA) is 38.3 Å². The van der Waals surface area contributed by atoms with Crippen molar-refractivity contribution in [2.45, 2.75) is 6.92 Å². The van der Waals surface area contributed by atoms with E-state index in [0.29, 0.717) is 12.5 Å². The molecule has 1 aromatic carbocycles. The monoisotopic (exact) mass is 239 g/mol. The number of carbonyl (C=O) groups is 1. The normalized spacial score (nSPS) is 9.62. The Morgan fingerprint density at radius 3 is 2.56 bits per heavy atom. The van der Waals surface area contributed by atoms with Crippen molar-refractivity contribution in [3.8, 4) is 5.75 Å². The second-order valence-electron chi connectivity index (χ2n) is 3.38. The molecule has 1 rings (SSSR count). The highest BCUT2D eigenvalue weighted by Gasteiger charge is 1.98. The van der Waals surface area contributed by atoms with Gasteiger partial charge in [0.15, 0.2) is 0 Å². The van der Waals surface area contributed by atoms with Crippen molar-refractivity contribution in [1.29, 1.82) is 0 Å². The minimum atomic E-state index is -0.0933. The lowest BCUT2D eigenvalue weighted by Gasteiger charge is -2.07. The lowest BCUT2D eigenvalue weighted by atomic mass is 10.3. The van der Waals surface area contributed by atoms with E-state index in [9.17, 15) is 4.79 Å². The molecule has 0 aliphatic carbocycles. The Morgan fingerprint density at radius 2 is 2.06 bits per heavy atom. The molecule has 0 heterocycles. The highest BCUT2D eigenvalue weighted by atomic mass is 35.5. The molecule has 0 radical (unpaired) electrons. The van der Waals surface area contributed by atoms with Crippen LogP contribution in [0.5, 0.6) is 5.75 Å². The molecule has 0 aliphatic rings. The number of alkyl halides is 1. The smallest absolute Gasteiger partial charge is 0.221 e. The lowest BCUT2D eigenvalue weighted by molar-refractivity contribution is -0.114. The minimum Gasteiger partial charge on any atom is -0.489 e. The third kappa shape index (κ3) is 4.36. The third-order valence-corrected chi connectivity index (χ3v) is 2.18. The van der Waals surface area contributed by atoms with Crippen LogP contribution in [-0.2, 0) is 4.79 Å². The molecule has 1 amide bonds. The molecule has 0 aliphatic heterocycles. The van der Waals surface area contributed by atoms with E-state index in [1.807, 2.05) is 0 Å². The van der Waals surface area contributed by atoms with Gasteiger partial charge in [0.2, 0.25) is 5.91 Å². The molecule has 0 unspecified atom stereocenters. The molecule has 0 saturated heterocycles. The van der Waals surface area contributed by atoms with Gasteiger partial charge in [0.25, 0.3) is 0 Å². The maximum absolute atomic E-state index is 10.8. The van der Waals surface area contributed by atoms with Crippen molar-refractivity contribution in [2.75, 3.05) is 17.8 Å². The zero-order valence-electron chi connectivity index (χ0n) is 9.13. The fourth-order valence-corrected chi connectivity index (χ4v) is 1.14. The summed E-state index contributed by atoms with van der Waals surface area (Å²) in [5, 5.41) is 2.67. The molecule has 0 bridgehead atoms. The molecule has 0 fully saturated rings. The number of hydrogen-bond donors (Lipinski definition) is 1. The van der Waals surface area contributed by atoms with Gasteiger partial charge in [-0.3, -0.25) is 4.79 Å². The van der Waals surface area contributed by atoms with Gasteiger partial charge in [-0.15, -0.1) is 11.6 Å². The fraction of sp³-hybridized carbons (Fsp3) is 0.250. The predicted octanol–water partition coefficient (Wildman–Crippen LogP) is 2.82. The number of hydrogen-bond acceptors (Lipinski definition) is 2. The van der Waals surface area contributed by atoms with Crippen molar-refractivity contribution in [1.82, 2.24) is 0 Å². The van der Waals surface area contributed by atoms with Crippen LogP contribution < -0.4 is 10.1 Å². The summed E-state index contributed by atoms with van der Waals surface area (Å²) in [5.74, 6) is 1.02. The summed E-state index contributed by atoms with van der Waals surface area (Å²) in [5.41, 5.74) is 1.57. The maximum atomic E-state index is 10.8. The Hall–Kier alpha value is -1.48. The summed E-state index contributed by atoms with van der Waals surface area (Å²) in [4.78, 5) is 10.8. The van der Waals surface area contributed by atoms with Crippen LogP contribution in [0.3, 0.4) is 0 Å². The molecule has 1 N–H and O–H groups in total. The number of halogens is 1. The van der Waals surface area contributed by atoms with E-state index in [-0.39, 0.29) is 5.91 Å². The summed E-state index contributed by atoms with van der Waals surface area (Å²) in [6.07, 6.45) is 0. The van der Waals surface area contributed by atoms with Crippen LogP contribution in [0.2, 0.25) is 0 Å². The molecule has 0 saturated carbocycles. The Kier molecular flexibility index (Phi) is 4.86. The van der Waals surface area contributed by atoms with Crippen molar-refractivity contribution >= 4 is 23.2 Å². The van der Waals surface area contributed by atoms with E-state index < -0.39 is 0 Å². The first-order valence-electron chi connectivity index (χ1n) is 4.85. The van der Waals surface area contributed by atoms with Gasteiger partial charge in [-0.05, 0) is 29.8 Å². The zero-order valence-corrected chi connectivity index (χ0v) is 9.88. The molecule has 16 heavy (non-hydrogen) atoms. The van der Waals surface area contributed by atoms with E-state index in [1.54, 1.807) is 24.3 Å². The number of ether oxygens (including phenoxy) is 1. The van der Waals surface area contributed by atoms with Crippen LogP contribution in [0.1, 0.15) is 6.92 Å². The molecule has 0 atom stereocenters. The fourth-order valence-electron chi connectivity index (χ4n) is 1.06. The van der Waals surface area contributed by atoms with Gasteiger partial charge < -0.3 is 10.1 Å². The Bertz CT molecular complexity index is 373. The zero-order chi connectivity index (χ0) is 12.0. The van der Waals surface area contributed by atoms with Crippen LogP contribution in [-0.4, -0.2) is 18.4 Å². The molecular formula is C12H14ClNO2. The molecule has 0 aromatic heterocycles. The van der Waals surface area contributed by atoms with Crippen LogP contribution in [0.15, 0.2) is 36.4 Å². The molecule has 86 valence electrons. The second kappa shape index (κ2) is 6.18. The van der Waals surface area contributed by atoms with Gasteiger partial charge in [0.05, 0.1) is 0 Å². The second-order valence-corrected chi connectivity index (χ2v) is 3.65. The Balaban J connectivity index is 2.51. The maximum Gasteiger partial charge on any atom is 0.221 e. The quantitative estimate of drug-likeness (QED) is 0.634. The first-order chi connectivity index (χ1) is 7.61. The SMILES string of the molecule is C=C(CCl)COc1ccc(NC(C)=O)cc1. The van der Waals surface area contributed by atoms with Gasteiger partial charge in [-0.25, -0.2) is 0 Å². The number of carbonyl (C=O) groups excluding carboxylic acids is 1. The summed E-state index contributed by atoms with van der Waals surface area (Å²) in [6, 6.07) is 7.12. The summed E-state index contributed by atoms with van der Waals surface area (Å²) in [7, 11) is 0. The number of nitrogens with one attached hydrogen (secondary N) is 1. The molecule has 1 aromatic rings. The molecule has 3 nitrogen and oxygen atoms in total. The first kappa shape index (κ1) is 12.6. The van der Waals surface area contributed by atoms with E-state index in [2.05, 4.69) is 11.9 Å². The van der Waals surface area contributed by atoms with E-state index in [4.69, 9.17) is 16.3 Å². The third-order valence-electron chi connectivity index (χ3n) is 1.81. The number of amides is 1. The number of rotatable bonds is 5. The van der Waals surface area contributed by atoms with Crippen LogP contribution >= 0.6 is 11.6 Å². The highest BCUT2D eigenvalue weighted by Crippen LogP contribution is 2.16. The van der Waals surface area contributed by atoms with Crippen molar-refractivity contribution in [3.05, 3.63) is 36.4 Å². The molecule has 0 spiro atoms. The van der Waals surface area contributed by atoms with Crippen molar-refractivity contribution in [3.63, 3.8) is 0 Å². The van der Waals surface area contributed by atoms with Crippen molar-refractivity contribution < 1.29 is 9.53 Å². The average Bonchev–Trinajstić information content (AvgIpc) is 2.27. The van der Waals surface area contributed by atoms with Gasteiger partial charge >= 0.3 is 0 Å². The predicted molar refractivity (Wildman–Crippen MR) is 66.1 cm³/mol. The highest BCUT2D eigenvalue weighted by molar-refractivity contribution is 6.19. The van der Waals surface area contributed by atoms with Crippen LogP contribution in [0.25, 0.3) is 0 Å². The Labute approximate surface area is 100 Å². The first-order valence-corrected chi connectivity index (χ1v) is 5.38. The summed E-state index contributed by atoms with van der Waals surface area (Å²) < 4.78 is 5.42. The molecule has 4 heteroatoms. The van der Waals surface area contributed by atoms with Gasteiger partial charge in [0.1, 0.15) is 12.4 Å². The van der Waals surface area contributed by atoms with Gasteiger partial charge in [-0.1, -0.05) is 6.58 Å². The van der Waals surface area contributed by atoms with Gasteiger partial charge in [-0.2, -0.15) is 0 Å². The lowest BCUT2D eigenvalue weighted by Crippen LogP contribution is -2.05. The Morgan fingerprint density at radius 1 is 1.44 bits per heavy atom.